The van der Waals surface area contributed by atoms with Crippen LogP contribution in [0.2, 0.25) is 0 Å². The fourth-order valence-electron chi connectivity index (χ4n) is 2.11. The summed E-state index contributed by atoms with van der Waals surface area (Å²) < 4.78 is 0. The second-order valence-corrected chi connectivity index (χ2v) is 5.40. The van der Waals surface area contributed by atoms with E-state index in [1.165, 1.54) is 41.9 Å². The molecular formula is C13H19NS. The molecule has 1 aromatic carbocycles. The molecular weight excluding hydrogens is 202 g/mol. The van der Waals surface area contributed by atoms with E-state index < -0.39 is 0 Å². The van der Waals surface area contributed by atoms with Crippen LogP contribution in [0.25, 0.3) is 0 Å². The first-order valence-electron chi connectivity index (χ1n) is 5.80. The summed E-state index contributed by atoms with van der Waals surface area (Å²) in [5.74, 6) is 2.26. The molecule has 1 saturated carbocycles. The van der Waals surface area contributed by atoms with Gasteiger partial charge in [0.1, 0.15) is 0 Å². The Labute approximate surface area is 96.4 Å². The van der Waals surface area contributed by atoms with Gasteiger partial charge in [-0.2, -0.15) is 0 Å². The highest BCUT2D eigenvalue weighted by Crippen LogP contribution is 2.30. The van der Waals surface area contributed by atoms with Gasteiger partial charge in [0.2, 0.25) is 0 Å². The SMILES string of the molecule is NCc1ccc(SCC2CCCC2)cc1. The van der Waals surface area contributed by atoms with Crippen LogP contribution in [-0.2, 0) is 6.54 Å². The number of rotatable bonds is 4. The predicted octanol–water partition coefficient (Wildman–Crippen LogP) is 3.43. The summed E-state index contributed by atoms with van der Waals surface area (Å²) in [5.41, 5.74) is 6.79. The molecule has 0 aliphatic heterocycles. The quantitative estimate of drug-likeness (QED) is 0.788. The van der Waals surface area contributed by atoms with Crippen LogP contribution >= 0.6 is 11.8 Å². The van der Waals surface area contributed by atoms with Crippen LogP contribution in [0.1, 0.15) is 31.2 Å². The average molecular weight is 221 g/mol. The molecule has 1 nitrogen and oxygen atoms in total. The first kappa shape index (κ1) is 11.0. The normalized spacial score (nSPS) is 17.1. The third kappa shape index (κ3) is 3.25. The lowest BCUT2D eigenvalue weighted by Gasteiger charge is -2.08. The summed E-state index contributed by atoms with van der Waals surface area (Å²) in [5, 5.41) is 0. The van der Waals surface area contributed by atoms with Gasteiger partial charge in [-0.3, -0.25) is 0 Å². The van der Waals surface area contributed by atoms with Gasteiger partial charge in [0.25, 0.3) is 0 Å². The highest BCUT2D eigenvalue weighted by atomic mass is 32.2. The molecule has 2 heteroatoms. The van der Waals surface area contributed by atoms with Crippen LogP contribution in [0.3, 0.4) is 0 Å². The van der Waals surface area contributed by atoms with Crippen molar-refractivity contribution >= 4 is 11.8 Å². The fourth-order valence-corrected chi connectivity index (χ4v) is 3.20. The Kier molecular flexibility index (Phi) is 4.09. The summed E-state index contributed by atoms with van der Waals surface area (Å²) in [7, 11) is 0. The summed E-state index contributed by atoms with van der Waals surface area (Å²) in [4.78, 5) is 1.39. The van der Waals surface area contributed by atoms with Crippen LogP contribution in [-0.4, -0.2) is 5.75 Å². The van der Waals surface area contributed by atoms with Gasteiger partial charge in [-0.25, -0.2) is 0 Å². The van der Waals surface area contributed by atoms with Crippen molar-refractivity contribution in [3.05, 3.63) is 29.8 Å². The lowest BCUT2D eigenvalue weighted by Crippen LogP contribution is -1.97. The molecule has 0 atom stereocenters. The van der Waals surface area contributed by atoms with E-state index in [9.17, 15) is 0 Å². The van der Waals surface area contributed by atoms with Crippen molar-refractivity contribution in [2.75, 3.05) is 5.75 Å². The number of benzene rings is 1. The standard InChI is InChI=1S/C13H19NS/c14-9-11-5-7-13(8-6-11)15-10-12-3-1-2-4-12/h5-8,12H,1-4,9-10,14H2. The number of hydrogen-bond donors (Lipinski definition) is 1. The van der Waals surface area contributed by atoms with Crippen molar-refractivity contribution in [3.8, 4) is 0 Å². The zero-order valence-electron chi connectivity index (χ0n) is 9.11. The maximum Gasteiger partial charge on any atom is 0.0178 e. The minimum Gasteiger partial charge on any atom is -0.326 e. The van der Waals surface area contributed by atoms with Crippen molar-refractivity contribution in [1.82, 2.24) is 0 Å². The van der Waals surface area contributed by atoms with Gasteiger partial charge in [-0.15, -0.1) is 11.8 Å². The smallest absolute Gasteiger partial charge is 0.0178 e. The Morgan fingerprint density at radius 1 is 1.13 bits per heavy atom. The molecule has 82 valence electrons. The zero-order chi connectivity index (χ0) is 10.5. The first-order chi connectivity index (χ1) is 7.38. The van der Waals surface area contributed by atoms with Crippen LogP contribution in [0.5, 0.6) is 0 Å². The highest BCUT2D eigenvalue weighted by Gasteiger charge is 2.14. The van der Waals surface area contributed by atoms with E-state index in [0.717, 1.165) is 5.92 Å². The van der Waals surface area contributed by atoms with E-state index in [-0.39, 0.29) is 0 Å². The second kappa shape index (κ2) is 5.57. The van der Waals surface area contributed by atoms with Crippen molar-refractivity contribution < 1.29 is 0 Å². The molecule has 0 spiro atoms. The lowest BCUT2D eigenvalue weighted by molar-refractivity contribution is 0.623. The largest absolute Gasteiger partial charge is 0.326 e. The Morgan fingerprint density at radius 2 is 1.80 bits per heavy atom. The van der Waals surface area contributed by atoms with Crippen molar-refractivity contribution in [2.45, 2.75) is 37.1 Å². The van der Waals surface area contributed by atoms with E-state index in [4.69, 9.17) is 5.73 Å². The molecule has 0 bridgehead atoms. The molecule has 0 radical (unpaired) electrons. The van der Waals surface area contributed by atoms with Crippen LogP contribution in [0.15, 0.2) is 29.2 Å². The van der Waals surface area contributed by atoms with Crippen LogP contribution in [0, 0.1) is 5.92 Å². The molecule has 1 aliphatic carbocycles. The summed E-state index contributed by atoms with van der Waals surface area (Å²) >= 11 is 2.00. The monoisotopic (exact) mass is 221 g/mol. The third-order valence-electron chi connectivity index (χ3n) is 3.12. The predicted molar refractivity (Wildman–Crippen MR) is 67.0 cm³/mol. The zero-order valence-corrected chi connectivity index (χ0v) is 9.93. The molecule has 0 aromatic heterocycles. The van der Waals surface area contributed by atoms with Gasteiger partial charge in [-0.1, -0.05) is 25.0 Å². The molecule has 2 N–H and O–H groups in total. The molecule has 15 heavy (non-hydrogen) atoms. The third-order valence-corrected chi connectivity index (χ3v) is 4.36. The number of thioether (sulfide) groups is 1. The molecule has 0 heterocycles. The molecule has 0 amide bonds. The van der Waals surface area contributed by atoms with Gasteiger partial charge >= 0.3 is 0 Å². The topological polar surface area (TPSA) is 26.0 Å². The van der Waals surface area contributed by atoms with E-state index in [2.05, 4.69) is 24.3 Å². The number of hydrogen-bond acceptors (Lipinski definition) is 2. The summed E-state index contributed by atoms with van der Waals surface area (Å²) in [6, 6.07) is 8.66. The molecule has 0 saturated heterocycles. The van der Waals surface area contributed by atoms with Crippen molar-refractivity contribution in [2.24, 2.45) is 11.7 Å². The van der Waals surface area contributed by atoms with Gasteiger partial charge in [-0.05, 0) is 36.5 Å². The van der Waals surface area contributed by atoms with Crippen molar-refractivity contribution in [1.29, 1.82) is 0 Å². The van der Waals surface area contributed by atoms with E-state index >= 15 is 0 Å². The summed E-state index contributed by atoms with van der Waals surface area (Å²) in [6.45, 7) is 0.646. The van der Waals surface area contributed by atoms with Gasteiger partial charge in [0, 0.05) is 17.2 Å². The Hall–Kier alpha value is -0.470. The lowest BCUT2D eigenvalue weighted by atomic mass is 10.1. The maximum absolute atomic E-state index is 5.57. The average Bonchev–Trinajstić information content (AvgIpc) is 2.80. The maximum atomic E-state index is 5.57. The minimum absolute atomic E-state index is 0.646. The fraction of sp³-hybridized carbons (Fsp3) is 0.538. The van der Waals surface area contributed by atoms with Gasteiger partial charge < -0.3 is 5.73 Å². The molecule has 1 fully saturated rings. The van der Waals surface area contributed by atoms with E-state index in [1.54, 1.807) is 0 Å². The highest BCUT2D eigenvalue weighted by molar-refractivity contribution is 7.99. The first-order valence-corrected chi connectivity index (χ1v) is 6.79. The Morgan fingerprint density at radius 3 is 2.40 bits per heavy atom. The minimum atomic E-state index is 0.646. The second-order valence-electron chi connectivity index (χ2n) is 4.31. The molecule has 0 unspecified atom stereocenters. The molecule has 1 aliphatic rings. The van der Waals surface area contributed by atoms with Crippen molar-refractivity contribution in [3.63, 3.8) is 0 Å². The molecule has 2 rings (SSSR count). The summed E-state index contributed by atoms with van der Waals surface area (Å²) in [6.07, 6.45) is 5.76. The van der Waals surface area contributed by atoms with Gasteiger partial charge in [0.15, 0.2) is 0 Å². The number of nitrogens with two attached hydrogens (primary N) is 1. The van der Waals surface area contributed by atoms with Gasteiger partial charge in [0.05, 0.1) is 0 Å². The van der Waals surface area contributed by atoms with E-state index in [1.807, 2.05) is 11.8 Å². The van der Waals surface area contributed by atoms with E-state index in [0.29, 0.717) is 6.54 Å². The molecule has 1 aromatic rings. The van der Waals surface area contributed by atoms with Crippen LogP contribution < -0.4 is 5.73 Å². The van der Waals surface area contributed by atoms with Crippen LogP contribution in [0.4, 0.5) is 0 Å². The Bertz CT molecular complexity index is 288. The Balaban J connectivity index is 1.82.